The Bertz CT molecular complexity index is 1250. The molecule has 0 atom stereocenters. The van der Waals surface area contributed by atoms with Crippen molar-refractivity contribution in [3.8, 4) is 22.6 Å². The van der Waals surface area contributed by atoms with E-state index in [4.69, 9.17) is 9.40 Å². The predicted octanol–water partition coefficient (Wildman–Crippen LogP) is 6.31. The molecule has 5 aromatic rings. The average Bonchev–Trinajstić information content (AvgIpc) is 3.07. The number of rotatable bonds is 2. The predicted molar refractivity (Wildman–Crippen MR) is 113 cm³/mol. The van der Waals surface area contributed by atoms with Gasteiger partial charge in [0.05, 0.1) is 5.69 Å². The number of hydrogen-bond donors (Lipinski definition) is 0. The van der Waals surface area contributed by atoms with E-state index in [0.29, 0.717) is 0 Å². The first kappa shape index (κ1) is 15.5. The van der Waals surface area contributed by atoms with Crippen LogP contribution in [0.3, 0.4) is 0 Å². The molecule has 0 spiro atoms. The Morgan fingerprint density at radius 2 is 1.50 bits per heavy atom. The zero-order chi connectivity index (χ0) is 17.5. The number of para-hydroxylation sites is 1. The van der Waals surface area contributed by atoms with Gasteiger partial charge in [0.25, 0.3) is 0 Å². The van der Waals surface area contributed by atoms with E-state index < -0.39 is 0 Å². The third kappa shape index (κ3) is 2.57. The molecule has 0 radical (unpaired) electrons. The highest BCUT2D eigenvalue weighted by molar-refractivity contribution is 14.1. The fraction of sp³-hybridized carbons (Fsp3) is 0. The molecular weight excluding hydrogens is 435 g/mol. The average molecular weight is 448 g/mol. The standard InChI is InChI=1S/C22H13IN2O/c23-20-13-17(24-22(25-20)14-7-2-1-3-8-14)15-10-6-12-19-21(15)16-9-4-5-11-18(16)26-19/h1-13H. The van der Waals surface area contributed by atoms with Crippen LogP contribution in [-0.4, -0.2) is 9.97 Å². The number of halogens is 1. The zero-order valence-electron chi connectivity index (χ0n) is 13.7. The minimum Gasteiger partial charge on any atom is -0.456 e. The third-order valence-corrected chi connectivity index (χ3v) is 4.96. The van der Waals surface area contributed by atoms with Gasteiger partial charge in [-0.05, 0) is 40.8 Å². The highest BCUT2D eigenvalue weighted by Crippen LogP contribution is 2.36. The normalized spacial score (nSPS) is 11.3. The third-order valence-electron chi connectivity index (χ3n) is 4.41. The molecule has 0 saturated heterocycles. The molecule has 0 aliphatic carbocycles. The van der Waals surface area contributed by atoms with E-state index in [-0.39, 0.29) is 0 Å². The largest absolute Gasteiger partial charge is 0.456 e. The van der Waals surface area contributed by atoms with E-state index >= 15 is 0 Å². The second kappa shape index (κ2) is 6.21. The first-order valence-electron chi connectivity index (χ1n) is 8.30. The summed E-state index contributed by atoms with van der Waals surface area (Å²) in [5.41, 5.74) is 4.74. The molecule has 3 aromatic carbocycles. The van der Waals surface area contributed by atoms with Crippen LogP contribution in [0.15, 0.2) is 83.3 Å². The smallest absolute Gasteiger partial charge is 0.160 e. The Hall–Kier alpha value is -2.73. The van der Waals surface area contributed by atoms with E-state index in [2.05, 4.69) is 39.7 Å². The lowest BCUT2D eigenvalue weighted by Gasteiger charge is -2.07. The van der Waals surface area contributed by atoms with Gasteiger partial charge in [-0.15, -0.1) is 0 Å². The summed E-state index contributed by atoms with van der Waals surface area (Å²) < 4.78 is 6.93. The van der Waals surface area contributed by atoms with E-state index in [1.54, 1.807) is 0 Å². The van der Waals surface area contributed by atoms with Crippen LogP contribution >= 0.6 is 22.6 Å². The molecule has 0 saturated carbocycles. The Kier molecular flexibility index (Phi) is 3.71. The lowest BCUT2D eigenvalue weighted by molar-refractivity contribution is 0.669. The summed E-state index contributed by atoms with van der Waals surface area (Å²) in [6.07, 6.45) is 0. The van der Waals surface area contributed by atoms with Gasteiger partial charge in [-0.2, -0.15) is 0 Å². The molecule has 0 aliphatic heterocycles. The molecule has 124 valence electrons. The molecule has 0 amide bonds. The van der Waals surface area contributed by atoms with E-state index in [1.807, 2.05) is 66.7 Å². The number of furan rings is 1. The molecule has 0 bridgehead atoms. The second-order valence-electron chi connectivity index (χ2n) is 6.04. The Morgan fingerprint density at radius 3 is 2.38 bits per heavy atom. The summed E-state index contributed by atoms with van der Waals surface area (Å²) in [4.78, 5) is 9.46. The van der Waals surface area contributed by atoms with Gasteiger partial charge in [0.1, 0.15) is 14.9 Å². The van der Waals surface area contributed by atoms with Crippen molar-refractivity contribution in [1.29, 1.82) is 0 Å². The van der Waals surface area contributed by atoms with Gasteiger partial charge in [-0.25, -0.2) is 9.97 Å². The lowest BCUT2D eigenvalue weighted by atomic mass is 10.0. The Morgan fingerprint density at radius 1 is 0.731 bits per heavy atom. The van der Waals surface area contributed by atoms with Crippen LogP contribution in [0.25, 0.3) is 44.6 Å². The van der Waals surface area contributed by atoms with Crippen molar-refractivity contribution in [2.75, 3.05) is 0 Å². The van der Waals surface area contributed by atoms with Crippen molar-refractivity contribution >= 4 is 44.5 Å². The van der Waals surface area contributed by atoms with Gasteiger partial charge in [-0.3, -0.25) is 0 Å². The number of nitrogens with zero attached hydrogens (tertiary/aromatic N) is 2. The first-order valence-corrected chi connectivity index (χ1v) is 9.38. The van der Waals surface area contributed by atoms with Gasteiger partial charge in [-0.1, -0.05) is 60.7 Å². The first-order chi connectivity index (χ1) is 12.8. The van der Waals surface area contributed by atoms with Crippen molar-refractivity contribution in [3.05, 3.63) is 82.6 Å². The SMILES string of the molecule is Ic1cc(-c2cccc3oc4ccccc4c23)nc(-c2ccccc2)n1. The minimum absolute atomic E-state index is 0.734. The van der Waals surface area contributed by atoms with Gasteiger partial charge in [0, 0.05) is 21.9 Å². The fourth-order valence-electron chi connectivity index (χ4n) is 3.26. The quantitative estimate of drug-likeness (QED) is 0.235. The van der Waals surface area contributed by atoms with Crippen LogP contribution in [0.1, 0.15) is 0 Å². The van der Waals surface area contributed by atoms with Crippen LogP contribution < -0.4 is 0 Å². The maximum Gasteiger partial charge on any atom is 0.160 e. The molecule has 0 unspecified atom stereocenters. The van der Waals surface area contributed by atoms with E-state index in [0.717, 1.165) is 48.3 Å². The van der Waals surface area contributed by atoms with Crippen LogP contribution in [-0.2, 0) is 0 Å². The van der Waals surface area contributed by atoms with Gasteiger partial charge in [0.2, 0.25) is 0 Å². The summed E-state index contributed by atoms with van der Waals surface area (Å²) >= 11 is 2.25. The molecular formula is C22H13IN2O. The molecule has 2 heterocycles. The molecule has 5 rings (SSSR count). The maximum absolute atomic E-state index is 6.01. The van der Waals surface area contributed by atoms with E-state index in [1.165, 1.54) is 0 Å². The second-order valence-corrected chi connectivity index (χ2v) is 7.15. The van der Waals surface area contributed by atoms with Crippen LogP contribution in [0, 0.1) is 3.70 Å². The van der Waals surface area contributed by atoms with Gasteiger partial charge in [0.15, 0.2) is 5.82 Å². The van der Waals surface area contributed by atoms with Gasteiger partial charge < -0.3 is 4.42 Å². The van der Waals surface area contributed by atoms with Crippen molar-refractivity contribution < 1.29 is 4.42 Å². The fourth-order valence-corrected chi connectivity index (χ4v) is 3.78. The monoisotopic (exact) mass is 448 g/mol. The molecule has 4 heteroatoms. The topological polar surface area (TPSA) is 38.9 Å². The molecule has 0 aliphatic rings. The van der Waals surface area contributed by atoms with Gasteiger partial charge >= 0.3 is 0 Å². The summed E-state index contributed by atoms with van der Waals surface area (Å²) in [5, 5.41) is 2.20. The van der Waals surface area contributed by atoms with E-state index in [9.17, 15) is 0 Å². The van der Waals surface area contributed by atoms with Crippen LogP contribution in [0.2, 0.25) is 0 Å². The summed E-state index contributed by atoms with van der Waals surface area (Å²) in [5.74, 6) is 0.734. The van der Waals surface area contributed by atoms with Crippen molar-refractivity contribution in [2.24, 2.45) is 0 Å². The highest BCUT2D eigenvalue weighted by atomic mass is 127. The summed E-state index contributed by atoms with van der Waals surface area (Å²) in [6, 6.07) is 26.3. The highest BCUT2D eigenvalue weighted by Gasteiger charge is 2.14. The molecule has 26 heavy (non-hydrogen) atoms. The minimum atomic E-state index is 0.734. The maximum atomic E-state index is 6.01. The van der Waals surface area contributed by atoms with Crippen molar-refractivity contribution in [2.45, 2.75) is 0 Å². The van der Waals surface area contributed by atoms with Crippen LogP contribution in [0.5, 0.6) is 0 Å². The molecule has 2 aromatic heterocycles. The zero-order valence-corrected chi connectivity index (χ0v) is 15.8. The Labute approximate surface area is 163 Å². The number of aromatic nitrogens is 2. The van der Waals surface area contributed by atoms with Crippen molar-refractivity contribution in [1.82, 2.24) is 9.97 Å². The van der Waals surface area contributed by atoms with Crippen molar-refractivity contribution in [3.63, 3.8) is 0 Å². The number of fused-ring (bicyclic) bond motifs is 3. The molecule has 3 nitrogen and oxygen atoms in total. The summed E-state index contributed by atoms with van der Waals surface area (Å²) in [6.45, 7) is 0. The summed E-state index contributed by atoms with van der Waals surface area (Å²) in [7, 11) is 0. The molecule has 0 N–H and O–H groups in total. The Balaban J connectivity index is 1.80. The molecule has 0 fully saturated rings. The van der Waals surface area contributed by atoms with Crippen LogP contribution in [0.4, 0.5) is 0 Å². The lowest BCUT2D eigenvalue weighted by Crippen LogP contribution is -1.95. The number of hydrogen-bond acceptors (Lipinski definition) is 3. The number of benzene rings is 3.